The Balaban J connectivity index is 1.62. The van der Waals surface area contributed by atoms with Crippen LogP contribution in [0.2, 0.25) is 0 Å². The molecule has 0 aliphatic rings. The van der Waals surface area contributed by atoms with Gasteiger partial charge in [0.15, 0.2) is 17.3 Å². The van der Waals surface area contributed by atoms with Crippen molar-refractivity contribution in [3.05, 3.63) is 59.4 Å². The molecule has 0 aliphatic carbocycles. The Hall–Kier alpha value is -2.99. The minimum atomic E-state index is -0.234. The molecule has 0 aliphatic heterocycles. The number of nitrogens with zero attached hydrogens (tertiary/aromatic N) is 1. The first-order valence-corrected chi connectivity index (χ1v) is 10.4. The molecule has 0 bridgehead atoms. The highest BCUT2D eigenvalue weighted by Gasteiger charge is 2.17. The fourth-order valence-electron chi connectivity index (χ4n) is 3.42. The standard InChI is InChI=1S/C24H30N2O4/c1-5-26(6-2)13-14-29-21-12-11-18(15-22(21)28-4)16-25-24(27)23-17(3)19-9-7-8-10-20(19)30-23/h7-12,15H,5-6,13-14,16H2,1-4H3,(H,25,27). The zero-order chi connectivity index (χ0) is 21.5. The van der Waals surface area contributed by atoms with E-state index in [4.69, 9.17) is 13.9 Å². The third-order valence-electron chi connectivity index (χ3n) is 5.29. The third-order valence-corrected chi connectivity index (χ3v) is 5.29. The molecule has 0 saturated heterocycles. The summed E-state index contributed by atoms with van der Waals surface area (Å²) in [7, 11) is 1.62. The van der Waals surface area contributed by atoms with Crippen LogP contribution in [0, 0.1) is 6.92 Å². The first-order valence-electron chi connectivity index (χ1n) is 10.4. The van der Waals surface area contributed by atoms with Gasteiger partial charge in [0.2, 0.25) is 0 Å². The van der Waals surface area contributed by atoms with Crippen LogP contribution in [0.1, 0.15) is 35.5 Å². The molecular weight excluding hydrogens is 380 g/mol. The van der Waals surface area contributed by atoms with Gasteiger partial charge in [-0.05, 0) is 43.8 Å². The van der Waals surface area contributed by atoms with Gasteiger partial charge in [0, 0.05) is 24.0 Å². The van der Waals surface area contributed by atoms with Crippen LogP contribution in [0.15, 0.2) is 46.9 Å². The lowest BCUT2D eigenvalue weighted by molar-refractivity contribution is 0.0924. The maximum Gasteiger partial charge on any atom is 0.287 e. The summed E-state index contributed by atoms with van der Waals surface area (Å²) in [5.74, 6) is 1.47. The van der Waals surface area contributed by atoms with E-state index in [-0.39, 0.29) is 5.91 Å². The number of likely N-dealkylation sites (N-methyl/N-ethyl adjacent to an activating group) is 1. The van der Waals surface area contributed by atoms with E-state index in [1.165, 1.54) is 0 Å². The van der Waals surface area contributed by atoms with Crippen LogP contribution in [0.3, 0.4) is 0 Å². The van der Waals surface area contributed by atoms with E-state index < -0.39 is 0 Å². The number of hydrogen-bond donors (Lipinski definition) is 1. The van der Waals surface area contributed by atoms with Gasteiger partial charge in [-0.15, -0.1) is 0 Å². The van der Waals surface area contributed by atoms with Crippen LogP contribution in [-0.2, 0) is 6.54 Å². The molecule has 6 nitrogen and oxygen atoms in total. The van der Waals surface area contributed by atoms with Crippen molar-refractivity contribution in [2.24, 2.45) is 0 Å². The smallest absolute Gasteiger partial charge is 0.287 e. The molecule has 0 fully saturated rings. The van der Waals surface area contributed by atoms with Crippen LogP contribution in [-0.4, -0.2) is 44.2 Å². The summed E-state index contributed by atoms with van der Waals surface area (Å²) < 4.78 is 17.1. The molecule has 0 unspecified atom stereocenters. The number of ether oxygens (including phenoxy) is 2. The van der Waals surface area contributed by atoms with Crippen molar-refractivity contribution in [2.75, 3.05) is 33.4 Å². The Kier molecular flexibility index (Phi) is 7.36. The van der Waals surface area contributed by atoms with Gasteiger partial charge in [0.25, 0.3) is 5.91 Å². The molecule has 0 radical (unpaired) electrons. The second-order valence-corrected chi connectivity index (χ2v) is 7.10. The summed E-state index contributed by atoms with van der Waals surface area (Å²) in [6.07, 6.45) is 0. The molecule has 160 valence electrons. The van der Waals surface area contributed by atoms with E-state index in [0.717, 1.165) is 36.1 Å². The summed E-state index contributed by atoms with van der Waals surface area (Å²) in [6, 6.07) is 13.3. The van der Waals surface area contributed by atoms with Crippen LogP contribution in [0.5, 0.6) is 11.5 Å². The average molecular weight is 411 g/mol. The topological polar surface area (TPSA) is 63.9 Å². The van der Waals surface area contributed by atoms with Gasteiger partial charge in [0.05, 0.1) is 7.11 Å². The van der Waals surface area contributed by atoms with Crippen molar-refractivity contribution in [3.63, 3.8) is 0 Å². The average Bonchev–Trinajstić information content (AvgIpc) is 3.12. The first kappa shape index (κ1) is 21.7. The number of hydrogen-bond acceptors (Lipinski definition) is 5. The van der Waals surface area contributed by atoms with E-state index in [9.17, 15) is 4.79 Å². The lowest BCUT2D eigenvalue weighted by Crippen LogP contribution is -2.28. The van der Waals surface area contributed by atoms with Crippen LogP contribution in [0.4, 0.5) is 0 Å². The highest BCUT2D eigenvalue weighted by molar-refractivity contribution is 5.98. The van der Waals surface area contributed by atoms with E-state index in [1.54, 1.807) is 7.11 Å². The van der Waals surface area contributed by atoms with Gasteiger partial charge in [-0.25, -0.2) is 0 Å². The molecule has 3 aromatic rings. The van der Waals surface area contributed by atoms with Gasteiger partial charge in [-0.1, -0.05) is 38.1 Å². The van der Waals surface area contributed by atoms with E-state index >= 15 is 0 Å². The minimum Gasteiger partial charge on any atom is -0.493 e. The number of furan rings is 1. The maximum atomic E-state index is 12.6. The molecule has 1 N–H and O–H groups in total. The van der Waals surface area contributed by atoms with E-state index in [1.807, 2.05) is 49.4 Å². The molecular formula is C24H30N2O4. The third kappa shape index (κ3) is 4.94. The molecule has 1 aromatic heterocycles. The molecule has 30 heavy (non-hydrogen) atoms. The number of carbonyl (C=O) groups is 1. The SMILES string of the molecule is CCN(CC)CCOc1ccc(CNC(=O)c2oc3ccccc3c2C)cc1OC. The van der Waals surface area contributed by atoms with E-state index in [0.29, 0.717) is 36.0 Å². The van der Waals surface area contributed by atoms with Crippen molar-refractivity contribution in [1.29, 1.82) is 0 Å². The largest absolute Gasteiger partial charge is 0.493 e. The molecule has 0 saturated carbocycles. The molecule has 1 amide bonds. The summed E-state index contributed by atoms with van der Waals surface area (Å²) >= 11 is 0. The van der Waals surface area contributed by atoms with Crippen LogP contribution in [0.25, 0.3) is 11.0 Å². The molecule has 0 spiro atoms. The normalized spacial score (nSPS) is 11.1. The number of benzene rings is 2. The van der Waals surface area contributed by atoms with Crippen LogP contribution < -0.4 is 14.8 Å². The number of amides is 1. The van der Waals surface area contributed by atoms with Gasteiger partial charge in [0.1, 0.15) is 12.2 Å². The monoisotopic (exact) mass is 410 g/mol. The summed E-state index contributed by atoms with van der Waals surface area (Å²) in [6.45, 7) is 10.0. The highest BCUT2D eigenvalue weighted by atomic mass is 16.5. The number of nitrogens with one attached hydrogen (secondary N) is 1. The number of aryl methyl sites for hydroxylation is 1. The number of para-hydroxylation sites is 1. The second kappa shape index (κ2) is 10.2. The van der Waals surface area contributed by atoms with Gasteiger partial charge in [-0.2, -0.15) is 0 Å². The van der Waals surface area contributed by atoms with Gasteiger partial charge < -0.3 is 24.1 Å². The van der Waals surface area contributed by atoms with Crippen LogP contribution >= 0.6 is 0 Å². The summed E-state index contributed by atoms with van der Waals surface area (Å²) in [5.41, 5.74) is 2.48. The number of fused-ring (bicyclic) bond motifs is 1. The molecule has 0 atom stereocenters. The van der Waals surface area contributed by atoms with E-state index in [2.05, 4.69) is 24.1 Å². The van der Waals surface area contributed by atoms with Gasteiger partial charge in [-0.3, -0.25) is 4.79 Å². The Morgan fingerprint density at radius 1 is 1.10 bits per heavy atom. The predicted molar refractivity (Wildman–Crippen MR) is 118 cm³/mol. The molecule has 6 heteroatoms. The number of methoxy groups -OCH3 is 1. The fourth-order valence-corrected chi connectivity index (χ4v) is 3.42. The Labute approximate surface area is 177 Å². The van der Waals surface area contributed by atoms with Crippen molar-refractivity contribution < 1.29 is 18.7 Å². The first-order chi connectivity index (χ1) is 14.6. The fraction of sp³-hybridized carbons (Fsp3) is 0.375. The Morgan fingerprint density at radius 3 is 2.57 bits per heavy atom. The second-order valence-electron chi connectivity index (χ2n) is 7.10. The molecule has 1 heterocycles. The van der Waals surface area contributed by atoms with Gasteiger partial charge >= 0.3 is 0 Å². The Bertz CT molecular complexity index is 992. The highest BCUT2D eigenvalue weighted by Crippen LogP contribution is 2.28. The predicted octanol–water partition coefficient (Wildman–Crippen LogP) is 4.40. The molecule has 2 aromatic carbocycles. The van der Waals surface area contributed by atoms with Crippen molar-refractivity contribution >= 4 is 16.9 Å². The van der Waals surface area contributed by atoms with Crippen molar-refractivity contribution in [2.45, 2.75) is 27.3 Å². The summed E-state index contributed by atoms with van der Waals surface area (Å²) in [5, 5.41) is 3.88. The lowest BCUT2D eigenvalue weighted by Gasteiger charge is -2.19. The zero-order valence-corrected chi connectivity index (χ0v) is 18.2. The zero-order valence-electron chi connectivity index (χ0n) is 18.2. The summed E-state index contributed by atoms with van der Waals surface area (Å²) in [4.78, 5) is 14.9. The Morgan fingerprint density at radius 2 is 1.87 bits per heavy atom. The maximum absolute atomic E-state index is 12.6. The minimum absolute atomic E-state index is 0.234. The van der Waals surface area contributed by atoms with Crippen molar-refractivity contribution in [3.8, 4) is 11.5 Å². The molecule has 3 rings (SSSR count). The number of carbonyl (C=O) groups excluding carboxylic acids is 1. The quantitative estimate of drug-likeness (QED) is 0.537. The van der Waals surface area contributed by atoms with Crippen molar-refractivity contribution in [1.82, 2.24) is 10.2 Å². The lowest BCUT2D eigenvalue weighted by atomic mass is 10.1. The number of rotatable bonds is 10.